The van der Waals surface area contributed by atoms with E-state index in [-0.39, 0.29) is 42.1 Å². The van der Waals surface area contributed by atoms with Crippen molar-refractivity contribution < 1.29 is 27.1 Å². The molecule has 1 N–H and O–H groups in total. The lowest BCUT2D eigenvalue weighted by Gasteiger charge is -2.28. The molecule has 0 bridgehead atoms. The number of furan rings is 1. The minimum Gasteiger partial charge on any atom is -0.495 e. The van der Waals surface area contributed by atoms with E-state index in [0.29, 0.717) is 25.3 Å². The smallest absolute Gasteiger partial charge is 0.246 e. The van der Waals surface area contributed by atoms with Crippen molar-refractivity contribution in [1.29, 1.82) is 0 Å². The Morgan fingerprint density at radius 1 is 1.21 bits per heavy atom. The molecule has 1 amide bonds. The van der Waals surface area contributed by atoms with Crippen LogP contribution in [0, 0.1) is 0 Å². The molecule has 2 aromatic rings. The van der Waals surface area contributed by atoms with Gasteiger partial charge >= 0.3 is 0 Å². The van der Waals surface area contributed by atoms with E-state index in [0.717, 1.165) is 18.8 Å². The first kappa shape index (κ1) is 25.2. The molecule has 2 heterocycles. The molecule has 0 saturated carbocycles. The van der Waals surface area contributed by atoms with Gasteiger partial charge in [-0.15, -0.1) is 0 Å². The van der Waals surface area contributed by atoms with Crippen molar-refractivity contribution in [3.63, 3.8) is 0 Å². The number of sulfonamides is 1. The molecule has 1 unspecified atom stereocenters. The van der Waals surface area contributed by atoms with Crippen molar-refractivity contribution in [3.8, 4) is 5.75 Å². The number of amides is 1. The summed E-state index contributed by atoms with van der Waals surface area (Å²) in [6.45, 7) is 7.44. The summed E-state index contributed by atoms with van der Waals surface area (Å²) in [6, 6.07) is 8.50. The van der Waals surface area contributed by atoms with Crippen molar-refractivity contribution in [3.05, 3.63) is 47.9 Å². The Labute approximate surface area is 195 Å². The van der Waals surface area contributed by atoms with Crippen LogP contribution in [0.4, 0.5) is 0 Å². The van der Waals surface area contributed by atoms with Gasteiger partial charge in [-0.25, -0.2) is 8.42 Å². The van der Waals surface area contributed by atoms with Gasteiger partial charge in [-0.2, -0.15) is 4.31 Å². The van der Waals surface area contributed by atoms with Gasteiger partial charge in [0.2, 0.25) is 15.9 Å². The molecule has 1 fully saturated rings. The predicted molar refractivity (Wildman–Crippen MR) is 124 cm³/mol. The van der Waals surface area contributed by atoms with E-state index in [1.165, 1.54) is 17.5 Å². The molecule has 0 aliphatic carbocycles. The molecule has 1 aliphatic heterocycles. The number of ether oxygens (including phenoxy) is 2. The Morgan fingerprint density at radius 2 is 1.94 bits per heavy atom. The van der Waals surface area contributed by atoms with Gasteiger partial charge in [-0.05, 0) is 42.9 Å². The molecule has 1 aromatic carbocycles. The first-order chi connectivity index (χ1) is 15.9. The van der Waals surface area contributed by atoms with Crippen LogP contribution in [0.2, 0.25) is 0 Å². The predicted octanol–water partition coefficient (Wildman–Crippen LogP) is 2.05. The van der Waals surface area contributed by atoms with Gasteiger partial charge in [0.1, 0.15) is 16.4 Å². The topological polar surface area (TPSA) is 101 Å². The lowest BCUT2D eigenvalue weighted by Crippen LogP contribution is -2.40. The minimum absolute atomic E-state index is 0.0543. The van der Waals surface area contributed by atoms with Crippen LogP contribution >= 0.6 is 0 Å². The van der Waals surface area contributed by atoms with Crippen molar-refractivity contribution in [2.24, 2.45) is 0 Å². The number of methoxy groups -OCH3 is 1. The van der Waals surface area contributed by atoms with Gasteiger partial charge in [0.25, 0.3) is 0 Å². The quantitative estimate of drug-likeness (QED) is 0.526. The maximum absolute atomic E-state index is 13.2. The average Bonchev–Trinajstić information content (AvgIpc) is 3.37. The van der Waals surface area contributed by atoms with Crippen LogP contribution in [0.1, 0.15) is 31.2 Å². The van der Waals surface area contributed by atoms with Crippen LogP contribution in [-0.4, -0.2) is 76.6 Å². The van der Waals surface area contributed by atoms with E-state index in [9.17, 15) is 13.2 Å². The fourth-order valence-corrected chi connectivity index (χ4v) is 5.59. The van der Waals surface area contributed by atoms with Crippen LogP contribution in [0.5, 0.6) is 5.75 Å². The van der Waals surface area contributed by atoms with Crippen LogP contribution < -0.4 is 10.1 Å². The van der Waals surface area contributed by atoms with E-state index in [1.54, 1.807) is 18.4 Å². The number of likely N-dealkylation sites (N-methyl/N-ethyl adjacent to an activating group) is 1. The van der Waals surface area contributed by atoms with Crippen LogP contribution in [-0.2, 0) is 26.0 Å². The summed E-state index contributed by atoms with van der Waals surface area (Å²) in [6.07, 6.45) is 1.68. The zero-order chi connectivity index (χ0) is 23.8. The molecule has 33 heavy (non-hydrogen) atoms. The first-order valence-electron chi connectivity index (χ1n) is 11.2. The van der Waals surface area contributed by atoms with Crippen LogP contribution in [0.15, 0.2) is 45.9 Å². The monoisotopic (exact) mass is 479 g/mol. The van der Waals surface area contributed by atoms with Gasteiger partial charge in [0, 0.05) is 19.6 Å². The number of carbonyl (C=O) groups excluding carboxylic acids is 1. The number of rotatable bonds is 11. The fraction of sp³-hybridized carbons (Fsp3) is 0.522. The fourth-order valence-electron chi connectivity index (χ4n) is 3.97. The van der Waals surface area contributed by atoms with Crippen molar-refractivity contribution in [2.45, 2.75) is 31.2 Å². The number of benzene rings is 1. The SMILES string of the molecule is CCN(CC)C(CNC(=O)Cc1ccc(OC)c(S(=O)(=O)N2CCOCC2)c1)c1ccco1. The van der Waals surface area contributed by atoms with Gasteiger partial charge in [-0.1, -0.05) is 19.9 Å². The van der Waals surface area contributed by atoms with Gasteiger partial charge in [-0.3, -0.25) is 9.69 Å². The highest BCUT2D eigenvalue weighted by Crippen LogP contribution is 2.28. The molecule has 0 radical (unpaired) electrons. The summed E-state index contributed by atoms with van der Waals surface area (Å²) in [5.74, 6) is 0.853. The minimum atomic E-state index is -3.76. The van der Waals surface area contributed by atoms with E-state index in [2.05, 4.69) is 24.1 Å². The Balaban J connectivity index is 1.72. The normalized spacial score (nSPS) is 16.0. The highest BCUT2D eigenvalue weighted by molar-refractivity contribution is 7.89. The van der Waals surface area contributed by atoms with E-state index >= 15 is 0 Å². The first-order valence-corrected chi connectivity index (χ1v) is 12.6. The third kappa shape index (κ3) is 6.14. The summed E-state index contributed by atoms with van der Waals surface area (Å²) in [5.41, 5.74) is 0.595. The zero-order valence-electron chi connectivity index (χ0n) is 19.5. The highest BCUT2D eigenvalue weighted by atomic mass is 32.2. The molecule has 10 heteroatoms. The largest absolute Gasteiger partial charge is 0.495 e. The van der Waals surface area contributed by atoms with E-state index in [4.69, 9.17) is 13.9 Å². The van der Waals surface area contributed by atoms with Crippen molar-refractivity contribution in [1.82, 2.24) is 14.5 Å². The lowest BCUT2D eigenvalue weighted by molar-refractivity contribution is -0.120. The highest BCUT2D eigenvalue weighted by Gasteiger charge is 2.30. The third-order valence-corrected chi connectivity index (χ3v) is 7.72. The molecule has 0 spiro atoms. The molecule has 1 aromatic heterocycles. The number of nitrogens with zero attached hydrogens (tertiary/aromatic N) is 2. The number of morpholine rings is 1. The number of nitrogens with one attached hydrogen (secondary N) is 1. The Kier molecular flexibility index (Phi) is 8.90. The van der Waals surface area contributed by atoms with Crippen LogP contribution in [0.25, 0.3) is 0 Å². The zero-order valence-corrected chi connectivity index (χ0v) is 20.3. The Hall–Kier alpha value is -2.40. The summed E-state index contributed by atoms with van der Waals surface area (Å²) in [7, 11) is -2.33. The molecule has 1 aliphatic rings. The second-order valence-electron chi connectivity index (χ2n) is 7.73. The van der Waals surface area contributed by atoms with Gasteiger partial charge in [0.05, 0.1) is 39.0 Å². The average molecular weight is 480 g/mol. The number of hydrogen-bond acceptors (Lipinski definition) is 7. The van der Waals surface area contributed by atoms with E-state index < -0.39 is 10.0 Å². The number of hydrogen-bond donors (Lipinski definition) is 1. The van der Waals surface area contributed by atoms with Gasteiger partial charge in [0.15, 0.2) is 0 Å². The van der Waals surface area contributed by atoms with Crippen molar-refractivity contribution >= 4 is 15.9 Å². The second kappa shape index (κ2) is 11.6. The summed E-state index contributed by atoms with van der Waals surface area (Å²) in [4.78, 5) is 15.0. The Morgan fingerprint density at radius 3 is 2.55 bits per heavy atom. The molecule has 1 saturated heterocycles. The number of carbonyl (C=O) groups is 1. The summed E-state index contributed by atoms with van der Waals surface area (Å²) < 4.78 is 43.9. The molecular formula is C23H33N3O6S. The Bertz CT molecular complexity index is 999. The van der Waals surface area contributed by atoms with Crippen molar-refractivity contribution in [2.75, 3.05) is 53.0 Å². The summed E-state index contributed by atoms with van der Waals surface area (Å²) >= 11 is 0. The van der Waals surface area contributed by atoms with Gasteiger partial charge < -0.3 is 19.2 Å². The molecule has 9 nitrogen and oxygen atoms in total. The second-order valence-corrected chi connectivity index (χ2v) is 9.64. The summed E-state index contributed by atoms with van der Waals surface area (Å²) in [5, 5.41) is 2.97. The maximum atomic E-state index is 13.2. The maximum Gasteiger partial charge on any atom is 0.246 e. The molecule has 3 rings (SSSR count). The molecular weight excluding hydrogens is 446 g/mol. The molecule has 182 valence electrons. The standard InChI is InChI=1S/C23H33N3O6S/c1-4-25(5-2)19(20-7-6-12-32-20)17-24-23(27)16-18-8-9-21(30-3)22(15-18)33(28,29)26-10-13-31-14-11-26/h6-9,12,15,19H,4-5,10-11,13-14,16-17H2,1-3H3,(H,24,27). The van der Waals surface area contributed by atoms with E-state index in [1.807, 2.05) is 12.1 Å². The van der Waals surface area contributed by atoms with Crippen LogP contribution in [0.3, 0.4) is 0 Å². The third-order valence-electron chi connectivity index (χ3n) is 5.80. The lowest BCUT2D eigenvalue weighted by atomic mass is 10.1. The molecule has 1 atom stereocenters.